The van der Waals surface area contributed by atoms with Crippen LogP contribution in [-0.4, -0.2) is 33.0 Å². The molecular weight excluding hydrogens is 248 g/mol. The summed E-state index contributed by atoms with van der Waals surface area (Å²) >= 11 is 0. The number of ether oxygens (including phenoxy) is 1. The first kappa shape index (κ1) is 12.6. The fraction of sp³-hybridized carbons (Fsp3) is 0.167. The Kier molecular flexibility index (Phi) is 3.16. The number of hydrogen-bond acceptors (Lipinski definition) is 6. The first-order chi connectivity index (χ1) is 9.06. The van der Waals surface area contributed by atoms with Gasteiger partial charge in [-0.3, -0.25) is 0 Å². The summed E-state index contributed by atoms with van der Waals surface area (Å²) in [6, 6.07) is 4.61. The second-order valence-corrected chi connectivity index (χ2v) is 3.74. The van der Waals surface area contributed by atoms with Gasteiger partial charge in [0.05, 0.1) is 30.1 Å². The van der Waals surface area contributed by atoms with Crippen molar-refractivity contribution in [3.8, 4) is 23.2 Å². The quantitative estimate of drug-likeness (QED) is 0.801. The lowest BCUT2D eigenvalue weighted by Crippen LogP contribution is -2.03. The van der Waals surface area contributed by atoms with E-state index in [0.717, 1.165) is 0 Å². The highest BCUT2D eigenvalue weighted by molar-refractivity contribution is 5.91. The number of carbonyl (C=O) groups is 1. The topological polar surface area (TPSA) is 101 Å². The van der Waals surface area contributed by atoms with E-state index in [4.69, 9.17) is 5.26 Å². The molecule has 7 heteroatoms. The van der Waals surface area contributed by atoms with Crippen LogP contribution in [0.4, 0.5) is 0 Å². The third-order valence-corrected chi connectivity index (χ3v) is 2.54. The van der Waals surface area contributed by atoms with E-state index in [-0.39, 0.29) is 22.8 Å². The molecule has 7 nitrogen and oxygen atoms in total. The highest BCUT2D eigenvalue weighted by Gasteiger charge is 2.15. The van der Waals surface area contributed by atoms with Gasteiger partial charge in [-0.25, -0.2) is 14.5 Å². The molecule has 2 rings (SSSR count). The second-order valence-electron chi connectivity index (χ2n) is 3.74. The average molecular weight is 258 g/mol. The minimum absolute atomic E-state index is 0.0566. The third kappa shape index (κ3) is 2.24. The molecule has 0 unspecified atom stereocenters. The Morgan fingerprint density at radius 2 is 2.26 bits per heavy atom. The van der Waals surface area contributed by atoms with E-state index < -0.39 is 5.97 Å². The van der Waals surface area contributed by atoms with Gasteiger partial charge in [0.25, 0.3) is 0 Å². The SMILES string of the molecule is COC(=O)c1cc(C#N)nc(-c2cnn(C)c2O)c1. The largest absolute Gasteiger partial charge is 0.493 e. The van der Waals surface area contributed by atoms with E-state index in [2.05, 4.69) is 14.8 Å². The van der Waals surface area contributed by atoms with Crippen molar-refractivity contribution in [3.05, 3.63) is 29.6 Å². The molecule has 0 atom stereocenters. The number of aromatic hydroxyl groups is 1. The zero-order chi connectivity index (χ0) is 14.0. The summed E-state index contributed by atoms with van der Waals surface area (Å²) < 4.78 is 5.86. The summed E-state index contributed by atoms with van der Waals surface area (Å²) in [4.78, 5) is 15.5. The number of aromatic nitrogens is 3. The lowest BCUT2D eigenvalue weighted by atomic mass is 10.1. The highest BCUT2D eigenvalue weighted by Crippen LogP contribution is 2.27. The normalized spacial score (nSPS) is 9.95. The molecule has 2 aromatic rings. The van der Waals surface area contributed by atoms with Crippen LogP contribution in [0.2, 0.25) is 0 Å². The molecule has 0 amide bonds. The fourth-order valence-corrected chi connectivity index (χ4v) is 1.57. The molecule has 0 aliphatic heterocycles. The maximum Gasteiger partial charge on any atom is 0.338 e. The number of nitriles is 1. The highest BCUT2D eigenvalue weighted by atomic mass is 16.5. The summed E-state index contributed by atoms with van der Waals surface area (Å²) in [7, 11) is 2.81. The molecule has 0 radical (unpaired) electrons. The summed E-state index contributed by atoms with van der Waals surface area (Å²) in [5.41, 5.74) is 0.864. The van der Waals surface area contributed by atoms with Gasteiger partial charge in [-0.05, 0) is 12.1 Å². The zero-order valence-electron chi connectivity index (χ0n) is 10.3. The predicted molar refractivity (Wildman–Crippen MR) is 64.2 cm³/mol. The number of aryl methyl sites for hydroxylation is 1. The van der Waals surface area contributed by atoms with Gasteiger partial charge >= 0.3 is 5.97 Å². The number of nitrogens with zero attached hydrogens (tertiary/aromatic N) is 4. The molecule has 2 aromatic heterocycles. The van der Waals surface area contributed by atoms with Crippen molar-refractivity contribution in [2.24, 2.45) is 7.05 Å². The van der Waals surface area contributed by atoms with E-state index in [1.54, 1.807) is 7.05 Å². The van der Waals surface area contributed by atoms with Gasteiger partial charge in [0.2, 0.25) is 5.88 Å². The molecule has 1 N–H and O–H groups in total. The van der Waals surface area contributed by atoms with Gasteiger partial charge in [0.15, 0.2) is 0 Å². The number of rotatable bonds is 2. The van der Waals surface area contributed by atoms with Crippen molar-refractivity contribution in [1.29, 1.82) is 5.26 Å². The Morgan fingerprint density at radius 3 is 2.79 bits per heavy atom. The van der Waals surface area contributed by atoms with Gasteiger partial charge in [-0.15, -0.1) is 0 Å². The zero-order valence-corrected chi connectivity index (χ0v) is 10.3. The van der Waals surface area contributed by atoms with Gasteiger partial charge in [-0.2, -0.15) is 10.4 Å². The van der Waals surface area contributed by atoms with E-state index >= 15 is 0 Å². The molecule has 0 aromatic carbocycles. The van der Waals surface area contributed by atoms with E-state index in [1.165, 1.54) is 30.1 Å². The summed E-state index contributed by atoms with van der Waals surface area (Å²) in [6.45, 7) is 0. The Hall–Kier alpha value is -2.88. The predicted octanol–water partition coefficient (Wildman–Crippen LogP) is 0.846. The molecule has 19 heavy (non-hydrogen) atoms. The first-order valence-corrected chi connectivity index (χ1v) is 5.28. The lowest BCUT2D eigenvalue weighted by Gasteiger charge is -2.03. The second kappa shape index (κ2) is 4.78. The summed E-state index contributed by atoms with van der Waals surface area (Å²) in [5.74, 6) is -0.679. The van der Waals surface area contributed by atoms with E-state index in [1.807, 2.05) is 6.07 Å². The van der Waals surface area contributed by atoms with Crippen molar-refractivity contribution in [2.75, 3.05) is 7.11 Å². The van der Waals surface area contributed by atoms with Crippen LogP contribution in [0, 0.1) is 11.3 Å². The average Bonchev–Trinajstić information content (AvgIpc) is 2.77. The van der Waals surface area contributed by atoms with Crippen molar-refractivity contribution in [1.82, 2.24) is 14.8 Å². The molecule has 0 bridgehead atoms. The Labute approximate surface area is 108 Å². The minimum atomic E-state index is -0.580. The number of carbonyl (C=O) groups excluding carboxylic acids is 1. The molecule has 0 spiro atoms. The van der Waals surface area contributed by atoms with Crippen LogP contribution in [0.3, 0.4) is 0 Å². The number of hydrogen-bond donors (Lipinski definition) is 1. The van der Waals surface area contributed by atoms with Crippen molar-refractivity contribution in [3.63, 3.8) is 0 Å². The number of pyridine rings is 1. The first-order valence-electron chi connectivity index (χ1n) is 5.28. The van der Waals surface area contributed by atoms with Gasteiger partial charge in [0.1, 0.15) is 11.8 Å². The number of methoxy groups -OCH3 is 1. The standard InChI is InChI=1S/C12H10N4O3/c1-16-11(17)9(6-14-16)10-4-7(12(18)19-2)3-8(5-13)15-10/h3-4,6,17H,1-2H3. The molecule has 0 saturated carbocycles. The van der Waals surface area contributed by atoms with Crippen LogP contribution < -0.4 is 0 Å². The number of esters is 1. The van der Waals surface area contributed by atoms with E-state index in [0.29, 0.717) is 5.56 Å². The van der Waals surface area contributed by atoms with Crippen LogP contribution in [-0.2, 0) is 11.8 Å². The minimum Gasteiger partial charge on any atom is -0.493 e. The Bertz CT molecular complexity index is 685. The summed E-state index contributed by atoms with van der Waals surface area (Å²) in [5, 5.41) is 22.6. The fourth-order valence-electron chi connectivity index (χ4n) is 1.57. The molecule has 0 aliphatic rings. The van der Waals surface area contributed by atoms with Crippen molar-refractivity contribution >= 4 is 5.97 Å². The molecule has 2 heterocycles. The van der Waals surface area contributed by atoms with Crippen LogP contribution in [0.15, 0.2) is 18.3 Å². The van der Waals surface area contributed by atoms with Crippen LogP contribution in [0.1, 0.15) is 16.1 Å². The molecular formula is C12H10N4O3. The smallest absolute Gasteiger partial charge is 0.338 e. The van der Waals surface area contributed by atoms with Crippen LogP contribution >= 0.6 is 0 Å². The van der Waals surface area contributed by atoms with Crippen molar-refractivity contribution in [2.45, 2.75) is 0 Å². The monoisotopic (exact) mass is 258 g/mol. The molecule has 0 aliphatic carbocycles. The van der Waals surface area contributed by atoms with E-state index in [9.17, 15) is 9.90 Å². The molecule has 96 valence electrons. The van der Waals surface area contributed by atoms with Crippen LogP contribution in [0.25, 0.3) is 11.3 Å². The Balaban J connectivity index is 2.61. The third-order valence-electron chi connectivity index (χ3n) is 2.54. The molecule has 0 fully saturated rings. The van der Waals surface area contributed by atoms with Crippen LogP contribution in [0.5, 0.6) is 5.88 Å². The maximum atomic E-state index is 11.5. The van der Waals surface area contributed by atoms with Gasteiger partial charge < -0.3 is 9.84 Å². The molecule has 0 saturated heterocycles. The summed E-state index contributed by atoms with van der Waals surface area (Å²) in [6.07, 6.45) is 1.40. The van der Waals surface area contributed by atoms with Crippen molar-refractivity contribution < 1.29 is 14.6 Å². The Morgan fingerprint density at radius 1 is 1.53 bits per heavy atom. The van der Waals surface area contributed by atoms with Gasteiger partial charge in [-0.1, -0.05) is 0 Å². The lowest BCUT2D eigenvalue weighted by molar-refractivity contribution is 0.0600. The van der Waals surface area contributed by atoms with Gasteiger partial charge in [0, 0.05) is 7.05 Å². The maximum absolute atomic E-state index is 11.5.